The molecule has 0 saturated heterocycles. The van der Waals surface area contributed by atoms with Crippen LogP contribution >= 0.6 is 35.4 Å². The summed E-state index contributed by atoms with van der Waals surface area (Å²) in [6, 6.07) is 1.36. The smallest absolute Gasteiger partial charge is 0.216 e. The average Bonchev–Trinajstić information content (AvgIpc) is 2.85. The van der Waals surface area contributed by atoms with Crippen LogP contribution in [0.1, 0.15) is 31.2 Å². The predicted octanol–water partition coefficient (Wildman–Crippen LogP) is 3.88. The molecule has 1 aromatic carbocycles. The van der Waals surface area contributed by atoms with Crippen LogP contribution in [0.2, 0.25) is 10.0 Å². The fourth-order valence-electron chi connectivity index (χ4n) is 1.78. The number of H-pyrrole nitrogens is 1. The summed E-state index contributed by atoms with van der Waals surface area (Å²) in [6.07, 6.45) is 4.06. The summed E-state index contributed by atoms with van der Waals surface area (Å²) in [5.74, 6) is 0.0116. The van der Waals surface area contributed by atoms with Crippen molar-refractivity contribution in [1.29, 1.82) is 0 Å². The van der Waals surface area contributed by atoms with Crippen molar-refractivity contribution >= 4 is 41.6 Å². The van der Waals surface area contributed by atoms with E-state index in [0.29, 0.717) is 10.6 Å². The predicted molar refractivity (Wildman–Crippen MR) is 88.8 cm³/mol. The maximum atomic E-state index is 9.91. The SMILES string of the molecule is CCCCc1n[nH]c(=S)n1/N=C\c1cc(Cl)c(O)c(Cl)c1O. The first-order valence-electron chi connectivity index (χ1n) is 6.56. The van der Waals surface area contributed by atoms with Crippen LogP contribution in [-0.2, 0) is 6.42 Å². The van der Waals surface area contributed by atoms with E-state index in [1.807, 2.05) is 0 Å². The van der Waals surface area contributed by atoms with E-state index in [1.54, 1.807) is 0 Å². The molecule has 2 rings (SSSR count). The molecule has 0 bridgehead atoms. The minimum atomic E-state index is -0.374. The van der Waals surface area contributed by atoms with Gasteiger partial charge in [0.15, 0.2) is 11.6 Å². The lowest BCUT2D eigenvalue weighted by atomic mass is 10.2. The molecule has 0 aliphatic carbocycles. The highest BCUT2D eigenvalue weighted by atomic mass is 35.5. The second-order valence-corrected chi connectivity index (χ2v) is 5.74. The Morgan fingerprint density at radius 1 is 1.41 bits per heavy atom. The van der Waals surface area contributed by atoms with Gasteiger partial charge in [-0.1, -0.05) is 36.5 Å². The van der Waals surface area contributed by atoms with Crippen molar-refractivity contribution in [2.24, 2.45) is 5.10 Å². The molecule has 0 radical (unpaired) electrons. The van der Waals surface area contributed by atoms with E-state index < -0.39 is 0 Å². The monoisotopic (exact) mass is 360 g/mol. The molecular weight excluding hydrogens is 347 g/mol. The standard InChI is InChI=1S/C13H14Cl2N4O2S/c1-2-3-4-9-17-18-13(22)19(9)16-6-7-5-8(14)12(21)10(15)11(7)20/h5-6,20-21H,2-4H2,1H3,(H,18,22)/b16-6-. The third-order valence-corrected chi connectivity index (χ3v) is 3.89. The molecule has 2 aromatic rings. The van der Waals surface area contributed by atoms with E-state index in [0.717, 1.165) is 19.3 Å². The molecule has 3 N–H and O–H groups in total. The van der Waals surface area contributed by atoms with Gasteiger partial charge >= 0.3 is 0 Å². The fourth-order valence-corrected chi connectivity index (χ4v) is 2.44. The molecule has 0 unspecified atom stereocenters. The zero-order chi connectivity index (χ0) is 16.3. The number of aromatic hydroxyl groups is 2. The second-order valence-electron chi connectivity index (χ2n) is 4.56. The molecule has 6 nitrogen and oxygen atoms in total. The molecule has 9 heteroatoms. The topological polar surface area (TPSA) is 86.4 Å². The van der Waals surface area contributed by atoms with E-state index in [1.165, 1.54) is 17.0 Å². The van der Waals surface area contributed by atoms with Gasteiger partial charge in [0.2, 0.25) is 4.77 Å². The molecule has 0 aliphatic heterocycles. The molecule has 22 heavy (non-hydrogen) atoms. The molecular formula is C13H14Cl2N4O2S. The van der Waals surface area contributed by atoms with Gasteiger partial charge in [0, 0.05) is 12.0 Å². The molecule has 0 aliphatic rings. The number of nitrogens with zero attached hydrogens (tertiary/aromatic N) is 3. The fraction of sp³-hybridized carbons (Fsp3) is 0.308. The Labute approximate surface area is 142 Å². The lowest BCUT2D eigenvalue weighted by Crippen LogP contribution is -1.99. The van der Waals surface area contributed by atoms with Gasteiger partial charge in [0.05, 0.1) is 11.2 Å². The molecule has 0 amide bonds. The second kappa shape index (κ2) is 7.13. The zero-order valence-corrected chi connectivity index (χ0v) is 14.0. The quantitative estimate of drug-likeness (QED) is 0.557. The Morgan fingerprint density at radius 3 is 2.82 bits per heavy atom. The first kappa shape index (κ1) is 16.8. The number of phenols is 2. The van der Waals surface area contributed by atoms with Crippen LogP contribution in [0.5, 0.6) is 11.5 Å². The number of nitrogens with one attached hydrogen (secondary N) is 1. The highest BCUT2D eigenvalue weighted by molar-refractivity contribution is 7.71. The molecule has 0 fully saturated rings. The van der Waals surface area contributed by atoms with Crippen LogP contribution in [0.3, 0.4) is 0 Å². The van der Waals surface area contributed by atoms with Crippen LogP contribution in [0.15, 0.2) is 11.2 Å². The van der Waals surface area contributed by atoms with Crippen molar-refractivity contribution in [3.05, 3.63) is 32.3 Å². The summed E-state index contributed by atoms with van der Waals surface area (Å²) in [6.45, 7) is 2.08. The number of aromatic nitrogens is 3. The van der Waals surface area contributed by atoms with Crippen molar-refractivity contribution in [2.45, 2.75) is 26.2 Å². The maximum absolute atomic E-state index is 9.91. The van der Waals surface area contributed by atoms with Gasteiger partial charge in [-0.25, -0.2) is 0 Å². The van der Waals surface area contributed by atoms with Gasteiger partial charge < -0.3 is 10.2 Å². The van der Waals surface area contributed by atoms with Crippen LogP contribution in [-0.4, -0.2) is 31.3 Å². The van der Waals surface area contributed by atoms with Crippen molar-refractivity contribution < 1.29 is 10.2 Å². The number of aryl methyl sites for hydroxylation is 1. The van der Waals surface area contributed by atoms with Crippen LogP contribution in [0, 0.1) is 4.77 Å². The maximum Gasteiger partial charge on any atom is 0.216 e. The Bertz CT molecular complexity index is 770. The minimum Gasteiger partial charge on any atom is -0.506 e. The number of unbranched alkanes of at least 4 members (excludes halogenated alkanes) is 1. The Hall–Kier alpha value is -1.57. The summed E-state index contributed by atoms with van der Waals surface area (Å²) in [5, 5.41) is 30.2. The van der Waals surface area contributed by atoms with Gasteiger partial charge in [-0.15, -0.1) is 0 Å². The van der Waals surface area contributed by atoms with Gasteiger partial charge in [0.25, 0.3) is 0 Å². The van der Waals surface area contributed by atoms with E-state index in [9.17, 15) is 10.2 Å². The van der Waals surface area contributed by atoms with Gasteiger partial charge in [-0.2, -0.15) is 14.9 Å². The zero-order valence-electron chi connectivity index (χ0n) is 11.7. The largest absolute Gasteiger partial charge is 0.506 e. The molecule has 118 valence electrons. The number of hydrogen-bond acceptors (Lipinski definition) is 5. The molecule has 0 saturated carbocycles. The summed E-state index contributed by atoms with van der Waals surface area (Å²) < 4.78 is 1.82. The highest BCUT2D eigenvalue weighted by Gasteiger charge is 2.13. The van der Waals surface area contributed by atoms with Crippen LogP contribution in [0.25, 0.3) is 0 Å². The van der Waals surface area contributed by atoms with Crippen molar-refractivity contribution in [3.63, 3.8) is 0 Å². The third-order valence-electron chi connectivity index (χ3n) is 2.98. The summed E-state index contributed by atoms with van der Waals surface area (Å²) in [4.78, 5) is 0. The summed E-state index contributed by atoms with van der Waals surface area (Å²) >= 11 is 16.7. The lowest BCUT2D eigenvalue weighted by Gasteiger charge is -2.06. The normalized spacial score (nSPS) is 11.4. The molecule has 0 spiro atoms. The number of aromatic amines is 1. The van der Waals surface area contributed by atoms with Crippen molar-refractivity contribution in [1.82, 2.24) is 14.9 Å². The number of phenolic OH excluding ortho intramolecular Hbond substituents is 2. The number of halogens is 2. The van der Waals surface area contributed by atoms with Gasteiger partial charge in [-0.3, -0.25) is 5.10 Å². The van der Waals surface area contributed by atoms with Crippen molar-refractivity contribution in [3.8, 4) is 11.5 Å². The van der Waals surface area contributed by atoms with E-state index >= 15 is 0 Å². The first-order valence-corrected chi connectivity index (χ1v) is 7.72. The van der Waals surface area contributed by atoms with E-state index in [2.05, 4.69) is 22.2 Å². The Balaban J connectivity index is 2.38. The van der Waals surface area contributed by atoms with E-state index in [4.69, 9.17) is 35.4 Å². The van der Waals surface area contributed by atoms with Crippen LogP contribution < -0.4 is 0 Å². The molecule has 0 atom stereocenters. The Kier molecular flexibility index (Phi) is 5.44. The number of rotatable bonds is 5. The van der Waals surface area contributed by atoms with Gasteiger partial charge in [0.1, 0.15) is 10.8 Å². The average molecular weight is 361 g/mol. The van der Waals surface area contributed by atoms with Crippen LogP contribution in [0.4, 0.5) is 0 Å². The van der Waals surface area contributed by atoms with Gasteiger partial charge in [-0.05, 0) is 24.7 Å². The van der Waals surface area contributed by atoms with Crippen molar-refractivity contribution in [2.75, 3.05) is 0 Å². The lowest BCUT2D eigenvalue weighted by molar-refractivity contribution is 0.450. The minimum absolute atomic E-state index is 0.0197. The number of hydrogen-bond donors (Lipinski definition) is 3. The molecule has 1 aromatic heterocycles. The first-order chi connectivity index (χ1) is 10.5. The number of benzene rings is 1. The summed E-state index contributed by atoms with van der Waals surface area (Å²) in [7, 11) is 0. The molecule has 1 heterocycles. The Morgan fingerprint density at radius 2 is 2.14 bits per heavy atom. The third kappa shape index (κ3) is 3.43. The highest BCUT2D eigenvalue weighted by Crippen LogP contribution is 2.40. The summed E-state index contributed by atoms with van der Waals surface area (Å²) in [5.41, 5.74) is 0.261. The van der Waals surface area contributed by atoms with E-state index in [-0.39, 0.29) is 27.1 Å².